The number of hydrogen-bond donors (Lipinski definition) is 2. The first-order valence-electron chi connectivity index (χ1n) is 7.60. The number of hydrogen-bond acceptors (Lipinski definition) is 5. The highest BCUT2D eigenvalue weighted by atomic mass is 35.5. The van der Waals surface area contributed by atoms with Crippen LogP contribution in [0.15, 0.2) is 30.0 Å². The Kier molecular flexibility index (Phi) is 4.54. The molecule has 7 heteroatoms. The van der Waals surface area contributed by atoms with Crippen LogP contribution in [0, 0.1) is 0 Å². The molecule has 0 saturated carbocycles. The molecular weight excluding hydrogens is 318 g/mol. The molecule has 0 atom stereocenters. The van der Waals surface area contributed by atoms with E-state index >= 15 is 0 Å². The SMILES string of the molecule is O=C1C=C(Nc2ccc(N3CCCC3)c(Cl)c2)C(=O)N1CCO. The standard InChI is InChI=1S/C16H18ClN3O3/c17-12-9-11(3-4-14(12)19-5-1-2-6-19)18-13-10-15(22)20(7-8-21)16(13)23/h3-4,9-10,18,21H,1-2,5-8H2. The lowest BCUT2D eigenvalue weighted by atomic mass is 10.2. The van der Waals surface area contributed by atoms with Crippen LogP contribution < -0.4 is 10.2 Å². The summed E-state index contributed by atoms with van der Waals surface area (Å²) in [5, 5.41) is 12.4. The highest BCUT2D eigenvalue weighted by Gasteiger charge is 2.30. The highest BCUT2D eigenvalue weighted by molar-refractivity contribution is 6.33. The van der Waals surface area contributed by atoms with Gasteiger partial charge in [0.15, 0.2) is 0 Å². The Morgan fingerprint density at radius 2 is 1.96 bits per heavy atom. The molecule has 6 nitrogen and oxygen atoms in total. The summed E-state index contributed by atoms with van der Waals surface area (Å²) < 4.78 is 0. The molecule has 1 aromatic carbocycles. The van der Waals surface area contributed by atoms with Crippen molar-refractivity contribution in [3.63, 3.8) is 0 Å². The van der Waals surface area contributed by atoms with E-state index in [1.54, 1.807) is 6.07 Å². The topological polar surface area (TPSA) is 72.9 Å². The maximum atomic E-state index is 12.1. The molecule has 0 bridgehead atoms. The van der Waals surface area contributed by atoms with Gasteiger partial charge in [0.1, 0.15) is 5.70 Å². The number of carbonyl (C=O) groups is 2. The maximum absolute atomic E-state index is 12.1. The Balaban J connectivity index is 1.73. The normalized spacial score (nSPS) is 17.9. The van der Waals surface area contributed by atoms with Gasteiger partial charge in [-0.2, -0.15) is 0 Å². The minimum atomic E-state index is -0.441. The van der Waals surface area contributed by atoms with Crippen molar-refractivity contribution in [2.75, 3.05) is 36.5 Å². The second kappa shape index (κ2) is 6.60. The molecule has 1 fully saturated rings. The second-order valence-corrected chi connectivity index (χ2v) is 5.97. The zero-order valence-electron chi connectivity index (χ0n) is 12.6. The van der Waals surface area contributed by atoms with E-state index in [9.17, 15) is 9.59 Å². The van der Waals surface area contributed by atoms with Crippen LogP contribution in [0.25, 0.3) is 0 Å². The van der Waals surface area contributed by atoms with Crippen LogP contribution in [0.3, 0.4) is 0 Å². The van der Waals surface area contributed by atoms with Crippen LogP contribution in [0.4, 0.5) is 11.4 Å². The number of amides is 2. The molecule has 3 rings (SSSR count). The van der Waals surface area contributed by atoms with Gasteiger partial charge in [-0.15, -0.1) is 0 Å². The van der Waals surface area contributed by atoms with Crippen molar-refractivity contribution >= 4 is 34.8 Å². The predicted octanol–water partition coefficient (Wildman–Crippen LogP) is 1.60. The van der Waals surface area contributed by atoms with Crippen molar-refractivity contribution in [1.29, 1.82) is 0 Å². The summed E-state index contributed by atoms with van der Waals surface area (Å²) in [6.07, 6.45) is 3.57. The van der Waals surface area contributed by atoms with E-state index in [-0.39, 0.29) is 18.8 Å². The summed E-state index contributed by atoms with van der Waals surface area (Å²) in [4.78, 5) is 27.0. The molecular formula is C16H18ClN3O3. The van der Waals surface area contributed by atoms with Gasteiger partial charge in [-0.05, 0) is 31.0 Å². The van der Waals surface area contributed by atoms with Crippen molar-refractivity contribution in [1.82, 2.24) is 4.90 Å². The molecule has 1 saturated heterocycles. The smallest absolute Gasteiger partial charge is 0.277 e. The van der Waals surface area contributed by atoms with Crippen molar-refractivity contribution < 1.29 is 14.7 Å². The summed E-state index contributed by atoms with van der Waals surface area (Å²) in [6.45, 7) is 1.74. The summed E-state index contributed by atoms with van der Waals surface area (Å²) in [5.41, 5.74) is 1.82. The van der Waals surface area contributed by atoms with E-state index < -0.39 is 11.8 Å². The number of benzene rings is 1. The van der Waals surface area contributed by atoms with E-state index in [1.165, 1.54) is 18.9 Å². The van der Waals surface area contributed by atoms with Gasteiger partial charge >= 0.3 is 0 Å². The lowest BCUT2D eigenvalue weighted by molar-refractivity contribution is -0.137. The van der Waals surface area contributed by atoms with E-state index in [2.05, 4.69) is 10.2 Å². The maximum Gasteiger partial charge on any atom is 0.277 e. The van der Waals surface area contributed by atoms with Gasteiger partial charge < -0.3 is 15.3 Å². The molecule has 122 valence electrons. The Hall–Kier alpha value is -2.05. The molecule has 0 aromatic heterocycles. The number of nitrogens with zero attached hydrogens (tertiary/aromatic N) is 2. The van der Waals surface area contributed by atoms with E-state index in [0.717, 1.165) is 23.7 Å². The Morgan fingerprint density at radius 1 is 1.22 bits per heavy atom. The number of aliphatic hydroxyl groups is 1. The molecule has 0 unspecified atom stereocenters. The number of aliphatic hydroxyl groups excluding tert-OH is 1. The third-order valence-electron chi connectivity index (χ3n) is 4.01. The van der Waals surface area contributed by atoms with Gasteiger partial charge in [0.25, 0.3) is 11.8 Å². The molecule has 2 amide bonds. The summed E-state index contributed by atoms with van der Waals surface area (Å²) >= 11 is 6.34. The third-order valence-corrected chi connectivity index (χ3v) is 4.31. The lowest BCUT2D eigenvalue weighted by Crippen LogP contribution is -2.34. The average Bonchev–Trinajstić information content (AvgIpc) is 3.13. The van der Waals surface area contributed by atoms with Crippen LogP contribution in [0.1, 0.15) is 12.8 Å². The largest absolute Gasteiger partial charge is 0.395 e. The number of halogens is 1. The van der Waals surface area contributed by atoms with Crippen molar-refractivity contribution in [3.05, 3.63) is 35.0 Å². The minimum absolute atomic E-state index is 0.00595. The number of β-amino-alcohol motifs (C(OH)–C–C–N with tert-alkyl or cyclic N) is 1. The third kappa shape index (κ3) is 3.18. The predicted molar refractivity (Wildman–Crippen MR) is 88.4 cm³/mol. The molecule has 2 N–H and O–H groups in total. The molecule has 2 aliphatic heterocycles. The fraction of sp³-hybridized carbons (Fsp3) is 0.375. The lowest BCUT2D eigenvalue weighted by Gasteiger charge is -2.20. The Bertz CT molecular complexity index is 669. The number of anilines is 2. The van der Waals surface area contributed by atoms with Gasteiger partial charge in [-0.3, -0.25) is 14.5 Å². The minimum Gasteiger partial charge on any atom is -0.395 e. The highest BCUT2D eigenvalue weighted by Crippen LogP contribution is 2.31. The zero-order valence-corrected chi connectivity index (χ0v) is 13.3. The van der Waals surface area contributed by atoms with Gasteiger partial charge in [-0.25, -0.2) is 0 Å². The van der Waals surface area contributed by atoms with Crippen molar-refractivity contribution in [2.45, 2.75) is 12.8 Å². The van der Waals surface area contributed by atoms with Gasteiger partial charge in [0.2, 0.25) is 0 Å². The van der Waals surface area contributed by atoms with Crippen molar-refractivity contribution in [3.8, 4) is 0 Å². The van der Waals surface area contributed by atoms with Crippen LogP contribution in [0.5, 0.6) is 0 Å². The number of imide groups is 1. The number of carbonyl (C=O) groups excluding carboxylic acids is 2. The first-order chi connectivity index (χ1) is 11.1. The monoisotopic (exact) mass is 335 g/mol. The van der Waals surface area contributed by atoms with E-state index in [1.807, 2.05) is 12.1 Å². The fourth-order valence-electron chi connectivity index (χ4n) is 2.86. The molecule has 0 radical (unpaired) electrons. The van der Waals surface area contributed by atoms with Crippen LogP contribution >= 0.6 is 11.6 Å². The molecule has 0 aliphatic carbocycles. The fourth-order valence-corrected chi connectivity index (χ4v) is 3.16. The van der Waals surface area contributed by atoms with Crippen LogP contribution in [-0.2, 0) is 9.59 Å². The zero-order chi connectivity index (χ0) is 16.4. The number of rotatable bonds is 5. The molecule has 1 aromatic rings. The van der Waals surface area contributed by atoms with E-state index in [0.29, 0.717) is 10.7 Å². The first-order valence-corrected chi connectivity index (χ1v) is 7.98. The van der Waals surface area contributed by atoms with Crippen LogP contribution in [0.2, 0.25) is 5.02 Å². The quantitative estimate of drug-likeness (QED) is 0.800. The Labute approximate surface area is 139 Å². The average molecular weight is 336 g/mol. The van der Waals surface area contributed by atoms with Gasteiger partial charge in [-0.1, -0.05) is 11.6 Å². The molecule has 2 aliphatic rings. The molecule has 2 heterocycles. The van der Waals surface area contributed by atoms with Crippen molar-refractivity contribution in [2.24, 2.45) is 0 Å². The summed E-state index contributed by atoms with van der Waals surface area (Å²) in [7, 11) is 0. The van der Waals surface area contributed by atoms with Gasteiger partial charge in [0.05, 0.1) is 23.9 Å². The Morgan fingerprint density at radius 3 is 2.61 bits per heavy atom. The number of nitrogens with one attached hydrogen (secondary N) is 1. The molecule has 0 spiro atoms. The second-order valence-electron chi connectivity index (χ2n) is 5.56. The summed E-state index contributed by atoms with van der Waals surface area (Å²) in [5.74, 6) is -0.866. The first kappa shape index (κ1) is 15.8. The molecule has 23 heavy (non-hydrogen) atoms. The van der Waals surface area contributed by atoms with Gasteiger partial charge in [0, 0.05) is 24.9 Å². The summed E-state index contributed by atoms with van der Waals surface area (Å²) in [6, 6.07) is 5.51. The van der Waals surface area contributed by atoms with Crippen LogP contribution in [-0.4, -0.2) is 48.1 Å². The van der Waals surface area contributed by atoms with E-state index in [4.69, 9.17) is 16.7 Å².